The van der Waals surface area contributed by atoms with Gasteiger partial charge in [-0.25, -0.2) is 14.2 Å². The normalized spacial score (nSPS) is 10.4. The van der Waals surface area contributed by atoms with E-state index >= 15 is 0 Å². The summed E-state index contributed by atoms with van der Waals surface area (Å²) in [5.41, 5.74) is 6.97. The molecular weight excluding hydrogens is 293 g/mol. The molecule has 0 aliphatic carbocycles. The largest absolute Gasteiger partial charge is 0.462 e. The maximum atomic E-state index is 13.9. The third kappa shape index (κ3) is 3.69. The van der Waals surface area contributed by atoms with Crippen LogP contribution < -0.4 is 11.1 Å². The zero-order chi connectivity index (χ0) is 15.4. The molecule has 1 aromatic carbocycles. The van der Waals surface area contributed by atoms with Crippen molar-refractivity contribution in [3.05, 3.63) is 39.6 Å². The predicted molar refractivity (Wildman–Crippen MR) is 80.9 cm³/mol. The van der Waals surface area contributed by atoms with Crippen LogP contribution in [0.4, 0.5) is 15.8 Å². The minimum Gasteiger partial charge on any atom is -0.462 e. The van der Waals surface area contributed by atoms with Crippen molar-refractivity contribution in [2.45, 2.75) is 20.4 Å². The second kappa shape index (κ2) is 6.53. The van der Waals surface area contributed by atoms with Gasteiger partial charge in [0.2, 0.25) is 0 Å². The first-order chi connectivity index (χ1) is 10.0. The molecule has 0 radical (unpaired) electrons. The zero-order valence-corrected chi connectivity index (χ0v) is 12.6. The molecule has 0 atom stereocenters. The highest BCUT2D eigenvalue weighted by atomic mass is 32.1. The highest BCUT2D eigenvalue weighted by Crippen LogP contribution is 2.24. The van der Waals surface area contributed by atoms with Gasteiger partial charge in [-0.2, -0.15) is 0 Å². The number of nitrogens with one attached hydrogen (secondary N) is 1. The van der Waals surface area contributed by atoms with E-state index < -0.39 is 11.8 Å². The van der Waals surface area contributed by atoms with Gasteiger partial charge in [0, 0.05) is 16.8 Å². The number of aryl methyl sites for hydroxylation is 1. The van der Waals surface area contributed by atoms with Crippen LogP contribution >= 0.6 is 11.3 Å². The van der Waals surface area contributed by atoms with Crippen molar-refractivity contribution in [3.8, 4) is 0 Å². The highest BCUT2D eigenvalue weighted by Gasteiger charge is 2.15. The van der Waals surface area contributed by atoms with Gasteiger partial charge in [-0.3, -0.25) is 0 Å². The van der Waals surface area contributed by atoms with Crippen molar-refractivity contribution < 1.29 is 13.9 Å². The minimum atomic E-state index is -0.567. The van der Waals surface area contributed by atoms with E-state index in [1.807, 2.05) is 12.3 Å². The van der Waals surface area contributed by atoms with Crippen molar-refractivity contribution in [2.24, 2.45) is 0 Å². The van der Waals surface area contributed by atoms with Crippen LogP contribution in [0.5, 0.6) is 0 Å². The number of esters is 1. The molecule has 0 bridgehead atoms. The minimum absolute atomic E-state index is 0.0570. The molecule has 0 aliphatic rings. The van der Waals surface area contributed by atoms with Crippen molar-refractivity contribution in [2.75, 3.05) is 17.7 Å². The van der Waals surface area contributed by atoms with E-state index in [0.717, 1.165) is 16.8 Å². The second-order valence-corrected chi connectivity index (χ2v) is 5.32. The SMILES string of the molecule is CCOC(=O)c1cc(NCc2nc(C)cs2)c(F)cc1N. The summed E-state index contributed by atoms with van der Waals surface area (Å²) < 4.78 is 18.8. The summed E-state index contributed by atoms with van der Waals surface area (Å²) in [6.07, 6.45) is 0. The Labute approximate surface area is 126 Å². The van der Waals surface area contributed by atoms with E-state index in [1.54, 1.807) is 6.92 Å². The molecule has 1 aromatic heterocycles. The molecule has 1 heterocycles. The standard InChI is InChI=1S/C14H16FN3O2S/c1-3-20-14(19)9-4-12(10(15)5-11(9)16)17-6-13-18-8(2)7-21-13/h4-5,7,17H,3,6,16H2,1-2H3. The number of thiazole rings is 1. The lowest BCUT2D eigenvalue weighted by molar-refractivity contribution is 0.0527. The Hall–Kier alpha value is -2.15. The molecule has 21 heavy (non-hydrogen) atoms. The maximum Gasteiger partial charge on any atom is 0.340 e. The molecule has 3 N–H and O–H groups in total. The van der Waals surface area contributed by atoms with Gasteiger partial charge in [0.15, 0.2) is 0 Å². The fourth-order valence-corrected chi connectivity index (χ4v) is 2.48. The number of ether oxygens (including phenoxy) is 1. The topological polar surface area (TPSA) is 77.2 Å². The summed E-state index contributed by atoms with van der Waals surface area (Å²) in [6, 6.07) is 2.48. The van der Waals surface area contributed by atoms with E-state index in [0.29, 0.717) is 6.54 Å². The Morgan fingerprint density at radius 2 is 2.29 bits per heavy atom. The number of carbonyl (C=O) groups is 1. The van der Waals surface area contributed by atoms with E-state index in [1.165, 1.54) is 17.4 Å². The monoisotopic (exact) mass is 309 g/mol. The number of nitrogens with two attached hydrogens (primary N) is 1. The average molecular weight is 309 g/mol. The molecule has 0 spiro atoms. The maximum absolute atomic E-state index is 13.9. The van der Waals surface area contributed by atoms with E-state index in [4.69, 9.17) is 10.5 Å². The predicted octanol–water partition coefficient (Wildman–Crippen LogP) is 2.96. The summed E-state index contributed by atoms with van der Waals surface area (Å²) in [7, 11) is 0. The van der Waals surface area contributed by atoms with Crippen LogP contribution in [0.3, 0.4) is 0 Å². The van der Waals surface area contributed by atoms with Crippen LogP contribution in [0.25, 0.3) is 0 Å². The number of nitrogens with zero attached hydrogens (tertiary/aromatic N) is 1. The number of aromatic nitrogens is 1. The number of hydrogen-bond acceptors (Lipinski definition) is 6. The van der Waals surface area contributed by atoms with Gasteiger partial charge < -0.3 is 15.8 Å². The molecule has 0 unspecified atom stereocenters. The van der Waals surface area contributed by atoms with E-state index in [2.05, 4.69) is 10.3 Å². The summed E-state index contributed by atoms with van der Waals surface area (Å²) >= 11 is 1.48. The smallest absolute Gasteiger partial charge is 0.340 e. The Bertz CT molecular complexity index is 658. The summed E-state index contributed by atoms with van der Waals surface area (Å²) in [5, 5.41) is 5.67. The van der Waals surface area contributed by atoms with Gasteiger partial charge in [0.25, 0.3) is 0 Å². The molecule has 2 aromatic rings. The lowest BCUT2D eigenvalue weighted by Gasteiger charge is -2.10. The Kier molecular flexibility index (Phi) is 4.74. The van der Waals surface area contributed by atoms with Crippen molar-refractivity contribution >= 4 is 28.7 Å². The molecule has 0 saturated carbocycles. The van der Waals surface area contributed by atoms with Gasteiger partial charge in [0.1, 0.15) is 10.8 Å². The lowest BCUT2D eigenvalue weighted by atomic mass is 10.1. The Balaban J connectivity index is 2.18. The highest BCUT2D eigenvalue weighted by molar-refractivity contribution is 7.09. The van der Waals surface area contributed by atoms with Crippen LogP contribution in [0.15, 0.2) is 17.5 Å². The first kappa shape index (κ1) is 15.2. The zero-order valence-electron chi connectivity index (χ0n) is 11.8. The quantitative estimate of drug-likeness (QED) is 0.656. The molecule has 2 rings (SSSR count). The van der Waals surface area contributed by atoms with Gasteiger partial charge in [-0.1, -0.05) is 0 Å². The summed E-state index contributed by atoms with van der Waals surface area (Å²) in [6.45, 7) is 4.20. The molecule has 0 fully saturated rings. The number of rotatable bonds is 5. The second-order valence-electron chi connectivity index (χ2n) is 4.38. The van der Waals surface area contributed by atoms with Gasteiger partial charge >= 0.3 is 5.97 Å². The molecule has 0 aliphatic heterocycles. The van der Waals surface area contributed by atoms with Gasteiger partial charge in [0.05, 0.1) is 24.4 Å². The first-order valence-corrected chi connectivity index (χ1v) is 7.30. The fraction of sp³-hybridized carbons (Fsp3) is 0.286. The first-order valence-electron chi connectivity index (χ1n) is 6.42. The Morgan fingerprint density at radius 1 is 1.52 bits per heavy atom. The van der Waals surface area contributed by atoms with Gasteiger partial charge in [-0.05, 0) is 26.0 Å². The van der Waals surface area contributed by atoms with Gasteiger partial charge in [-0.15, -0.1) is 11.3 Å². The van der Waals surface area contributed by atoms with Crippen LogP contribution in [0, 0.1) is 12.7 Å². The van der Waals surface area contributed by atoms with E-state index in [9.17, 15) is 9.18 Å². The van der Waals surface area contributed by atoms with Crippen molar-refractivity contribution in [1.29, 1.82) is 0 Å². The number of benzene rings is 1. The number of carbonyl (C=O) groups excluding carboxylic acids is 1. The van der Waals surface area contributed by atoms with Crippen LogP contribution in [-0.4, -0.2) is 17.6 Å². The number of anilines is 2. The van der Waals surface area contributed by atoms with Crippen molar-refractivity contribution in [1.82, 2.24) is 4.98 Å². The molecule has 5 nitrogen and oxygen atoms in total. The molecular formula is C14H16FN3O2S. The Morgan fingerprint density at radius 3 is 2.90 bits per heavy atom. The molecule has 0 saturated heterocycles. The number of hydrogen-bond donors (Lipinski definition) is 2. The van der Waals surface area contributed by atoms with Crippen LogP contribution in [0.2, 0.25) is 0 Å². The number of halogens is 1. The number of nitrogen functional groups attached to an aromatic ring is 1. The average Bonchev–Trinajstić information content (AvgIpc) is 2.83. The third-order valence-electron chi connectivity index (χ3n) is 2.73. The van der Waals surface area contributed by atoms with Crippen LogP contribution in [0.1, 0.15) is 28.0 Å². The van der Waals surface area contributed by atoms with E-state index in [-0.39, 0.29) is 23.5 Å². The summed E-state index contributed by atoms with van der Waals surface area (Å²) in [4.78, 5) is 16.0. The lowest BCUT2D eigenvalue weighted by Crippen LogP contribution is -2.10. The molecule has 0 amide bonds. The molecule has 7 heteroatoms. The van der Waals surface area contributed by atoms with Crippen molar-refractivity contribution in [3.63, 3.8) is 0 Å². The third-order valence-corrected chi connectivity index (χ3v) is 3.70. The molecule has 112 valence electrons. The fourth-order valence-electron chi connectivity index (χ4n) is 1.76. The van der Waals surface area contributed by atoms with Crippen LogP contribution in [-0.2, 0) is 11.3 Å². The summed E-state index contributed by atoms with van der Waals surface area (Å²) in [5.74, 6) is -1.09.